The standard InChI is InChI=1S/C6H13NO2/c1-4(2)3-5(7)6(8)9/h4-5H,3,7H2,1-2H3,(H,8,9)/t5-/m0/s1/i1D2,2+1D3,3+1D,4+1,5+1,6+1,7+1/t3-,4-,5+/m1. The topological polar surface area (TPSA) is 63.3 Å². The average Bonchev–Trinajstić information content (AvgIpc) is 1.98. The van der Waals surface area contributed by atoms with Crippen molar-refractivity contribution in [3.8, 4) is 0 Å². The fraction of sp³-hybridized carbons (Fsp3) is 0.833. The summed E-state index contributed by atoms with van der Waals surface area (Å²) in [5, 5.41) is 8.50. The normalized spacial score (nSPS) is 31.8. The molecule has 0 heterocycles. The van der Waals surface area contributed by atoms with Gasteiger partial charge in [0.15, 0.2) is 0 Å². The predicted octanol–water partition coefficient (Wildman–Crippen LogP) is 0.444. The van der Waals surface area contributed by atoms with Gasteiger partial charge in [-0.1, -0.05) is 13.7 Å². The molecule has 3 N–H and O–H groups in total. The van der Waals surface area contributed by atoms with Crippen LogP contribution in [0.5, 0.6) is 0 Å². The van der Waals surface area contributed by atoms with Crippen LogP contribution in [0.3, 0.4) is 0 Å². The summed E-state index contributed by atoms with van der Waals surface area (Å²) in [5.41, 5.74) is 5.09. The number of carbonyl (C=O) groups is 1. The third-order valence-electron chi connectivity index (χ3n) is 0.700. The lowest BCUT2D eigenvalue weighted by Crippen LogP contribution is -2.31. The van der Waals surface area contributed by atoms with Gasteiger partial charge in [-0.15, -0.1) is 0 Å². The maximum atomic E-state index is 10.4. The molecule has 0 aromatic heterocycles. The summed E-state index contributed by atoms with van der Waals surface area (Å²) in [6.07, 6.45) is -1.70. The highest BCUT2D eigenvalue weighted by Crippen LogP contribution is 2.01. The molecule has 0 aliphatic rings. The van der Waals surface area contributed by atoms with Gasteiger partial charge in [0, 0.05) is 8.22 Å². The third kappa shape index (κ3) is 3.97. The minimum atomic E-state index is -2.73. The van der Waals surface area contributed by atoms with Gasteiger partial charge in [-0.2, -0.15) is 0 Å². The van der Waals surface area contributed by atoms with E-state index in [1.165, 1.54) is 0 Å². The molecule has 0 saturated heterocycles. The van der Waals surface area contributed by atoms with Crippen LogP contribution < -0.4 is 5.73 Å². The molecule has 0 saturated carbocycles. The SMILES string of the molecule is [2H]C([2H])[13C@@H]([13C@@H]([2H])[13C@H]([15NH2])[13C](=O)O)[13C]([2H])([2H])[2H]. The van der Waals surface area contributed by atoms with Crippen molar-refractivity contribution in [2.75, 3.05) is 0 Å². The highest BCUT2D eigenvalue weighted by Gasteiger charge is 2.11. The van der Waals surface area contributed by atoms with Gasteiger partial charge in [0.25, 0.3) is 0 Å². The largest absolute Gasteiger partial charge is 0.480 e. The first kappa shape index (κ1) is 2.58. The van der Waals surface area contributed by atoms with Crippen molar-refractivity contribution in [3.05, 3.63) is 0 Å². The Morgan fingerprint density at radius 1 is 2.11 bits per heavy atom. The summed E-state index contributed by atoms with van der Waals surface area (Å²) in [7, 11) is 0. The molecule has 0 aromatic rings. The van der Waals surface area contributed by atoms with Crippen LogP contribution in [0.2, 0.25) is 0 Å². The van der Waals surface area contributed by atoms with E-state index in [9.17, 15) is 4.79 Å². The van der Waals surface area contributed by atoms with Crippen molar-refractivity contribution in [1.82, 2.24) is 0 Å². The van der Waals surface area contributed by atoms with Crippen LogP contribution in [0.15, 0.2) is 0 Å². The predicted molar refractivity (Wildman–Crippen MR) is 35.1 cm³/mol. The van der Waals surface area contributed by atoms with E-state index in [-0.39, 0.29) is 0 Å². The zero-order chi connectivity index (χ0) is 12.4. The van der Waals surface area contributed by atoms with E-state index >= 15 is 0 Å². The van der Waals surface area contributed by atoms with Crippen molar-refractivity contribution in [2.24, 2.45) is 11.7 Å². The summed E-state index contributed by atoms with van der Waals surface area (Å²) >= 11 is 0. The third-order valence-corrected chi connectivity index (χ3v) is 0.700. The Bertz CT molecular complexity index is 230. The monoisotopic (exact) mass is 143 g/mol. The van der Waals surface area contributed by atoms with E-state index in [4.69, 9.17) is 19.1 Å². The molecule has 0 aliphatic carbocycles. The number of hydrogen-bond donors (Lipinski definition) is 2. The van der Waals surface area contributed by atoms with E-state index in [0.717, 1.165) is 0 Å². The first-order valence-electron chi connectivity index (χ1n) is 5.57. The Hall–Kier alpha value is -0.570. The number of aliphatic carboxylic acids is 1. The van der Waals surface area contributed by atoms with Gasteiger partial charge in [-0.05, 0) is 12.3 Å². The molecule has 3 heteroatoms. The van der Waals surface area contributed by atoms with Crippen molar-refractivity contribution < 1.29 is 18.1 Å². The van der Waals surface area contributed by atoms with Gasteiger partial charge in [-0.3, -0.25) is 4.79 Å². The second-order valence-corrected chi connectivity index (χ2v) is 1.58. The molecule has 0 rings (SSSR count). The minimum Gasteiger partial charge on any atom is -0.480 e. The molecule has 3 atom stereocenters. The molecule has 0 unspecified atom stereocenters. The lowest BCUT2D eigenvalue weighted by atomic mass is 10.9. The zero-order valence-electron chi connectivity index (χ0n) is 10.7. The fourth-order valence-electron chi connectivity index (χ4n) is 0.306. The smallest absolute Gasteiger partial charge is 0.320 e. The number of hydrogen-bond acceptors (Lipinski definition) is 2. The van der Waals surface area contributed by atoms with Gasteiger partial charge in [0.1, 0.15) is 6.04 Å². The van der Waals surface area contributed by atoms with Crippen LogP contribution in [0.25, 0.3) is 0 Å². The van der Waals surface area contributed by atoms with Crippen LogP contribution in [0, 0.1) is 5.92 Å². The Morgan fingerprint density at radius 2 is 2.78 bits per heavy atom. The summed E-state index contributed by atoms with van der Waals surface area (Å²) in [4.78, 5) is 10.4. The molecule has 0 aromatic carbocycles. The van der Waals surface area contributed by atoms with Gasteiger partial charge in [0.2, 0.25) is 0 Å². The molecule has 54 valence electrons. The Labute approximate surface area is 63.3 Å². The Morgan fingerprint density at radius 3 is 3.11 bits per heavy atom. The second-order valence-electron chi connectivity index (χ2n) is 1.58. The molecule has 0 spiro atoms. The summed E-state index contributed by atoms with van der Waals surface area (Å²) in [6.45, 7) is -4.54. The maximum Gasteiger partial charge on any atom is 0.320 e. The molecule has 0 aliphatic heterocycles. The molecular weight excluding hydrogens is 124 g/mol. The van der Waals surface area contributed by atoms with E-state index in [2.05, 4.69) is 0 Å². The van der Waals surface area contributed by atoms with E-state index in [1.54, 1.807) is 0 Å². The minimum absolute atomic E-state index is 1.51. The molecule has 0 bridgehead atoms. The zero-order valence-corrected chi connectivity index (χ0v) is 4.74. The second kappa shape index (κ2) is 3.45. The lowest BCUT2D eigenvalue weighted by molar-refractivity contribution is -0.138. The highest BCUT2D eigenvalue weighted by molar-refractivity contribution is 5.72. The van der Waals surface area contributed by atoms with Crippen molar-refractivity contribution in [2.45, 2.75) is 26.2 Å². The molecule has 0 radical (unpaired) electrons. The highest BCUT2D eigenvalue weighted by atomic mass is 16.5. The van der Waals surface area contributed by atoms with Gasteiger partial charge < -0.3 is 10.8 Å². The summed E-state index contributed by atoms with van der Waals surface area (Å²) in [5.74, 6) is -3.20. The van der Waals surface area contributed by atoms with Gasteiger partial charge >= 0.3 is 5.97 Å². The first-order valence-corrected chi connectivity index (χ1v) is 2.34. The van der Waals surface area contributed by atoms with E-state index < -0.39 is 38.1 Å². The van der Waals surface area contributed by atoms with Crippen LogP contribution in [-0.2, 0) is 4.79 Å². The van der Waals surface area contributed by atoms with Crippen LogP contribution in [-0.4, -0.2) is 17.1 Å². The number of carboxylic acid groups (broad SMARTS) is 1. The summed E-state index contributed by atoms with van der Waals surface area (Å²) < 4.78 is 42.4. The lowest BCUT2D eigenvalue weighted by Gasteiger charge is -2.07. The quantitative estimate of drug-likeness (QED) is 0.445. The van der Waals surface area contributed by atoms with Crippen molar-refractivity contribution >= 4 is 5.97 Å². The Balaban J connectivity index is 4.87. The first-order chi connectivity index (χ1) is 6.59. The molecule has 0 fully saturated rings. The van der Waals surface area contributed by atoms with Gasteiger partial charge in [0.05, 0.1) is 0 Å². The maximum absolute atomic E-state index is 10.4. The summed E-state index contributed by atoms with van der Waals surface area (Å²) in [6, 6.07) is -1.70. The van der Waals surface area contributed by atoms with Gasteiger partial charge in [-0.25, -0.2) is 0 Å². The average molecular weight is 143 g/mol. The van der Waals surface area contributed by atoms with Crippen LogP contribution in [0.4, 0.5) is 0 Å². The fourth-order valence-corrected chi connectivity index (χ4v) is 0.306. The van der Waals surface area contributed by atoms with Crippen molar-refractivity contribution in [1.29, 1.82) is 0 Å². The van der Waals surface area contributed by atoms with E-state index in [0.29, 0.717) is 0 Å². The van der Waals surface area contributed by atoms with Crippen molar-refractivity contribution in [3.63, 3.8) is 0 Å². The molecule has 3 nitrogen and oxygen atoms in total. The Kier molecular flexibility index (Phi) is 0.990. The van der Waals surface area contributed by atoms with E-state index in [1.807, 2.05) is 0 Å². The molecule has 9 heavy (non-hydrogen) atoms. The number of carboxylic acids is 1. The number of rotatable bonds is 3. The van der Waals surface area contributed by atoms with Crippen LogP contribution in [0.1, 0.15) is 28.3 Å². The number of nitrogens with two attached hydrogens (primary N) is 1. The molecule has 0 amide bonds. The van der Waals surface area contributed by atoms with Crippen LogP contribution >= 0.6 is 0 Å². The molecular formula is C6H13NO2.